The van der Waals surface area contributed by atoms with Gasteiger partial charge in [0.2, 0.25) is 21.8 Å². The van der Waals surface area contributed by atoms with Gasteiger partial charge in [-0.3, -0.25) is 9.59 Å². The van der Waals surface area contributed by atoms with Gasteiger partial charge in [-0.2, -0.15) is 14.1 Å². The van der Waals surface area contributed by atoms with Crippen LogP contribution in [0.3, 0.4) is 0 Å². The molecule has 10 nitrogen and oxygen atoms in total. The number of carbonyl (C=O) groups excluding carboxylic acids is 2. The van der Waals surface area contributed by atoms with Crippen LogP contribution in [0, 0.1) is 0 Å². The number of likely N-dealkylation sites (N-methyl/N-ethyl adjacent to an activating group) is 1. The summed E-state index contributed by atoms with van der Waals surface area (Å²) in [6.07, 6.45) is 0.649. The average Bonchev–Trinajstić information content (AvgIpc) is 3.13. The number of anilines is 1. The molecule has 1 aromatic heterocycles. The Hall–Kier alpha value is -2.76. The van der Waals surface area contributed by atoms with Crippen LogP contribution >= 0.6 is 0 Å². The van der Waals surface area contributed by atoms with E-state index >= 15 is 0 Å². The summed E-state index contributed by atoms with van der Waals surface area (Å²) in [6.45, 7) is 6.97. The molecule has 0 spiro atoms. The van der Waals surface area contributed by atoms with Gasteiger partial charge < -0.3 is 15.0 Å². The first kappa shape index (κ1) is 23.4. The SMILES string of the molecule is CCc1nn2c(c1-c1ccc(OC)c(S(=O)(=O)N3CCN(CC)CC3)c1)NC(=O)CCC2=O. The van der Waals surface area contributed by atoms with Crippen LogP contribution in [0.15, 0.2) is 23.1 Å². The number of benzene rings is 1. The number of piperazine rings is 1. The Bertz CT molecular complexity index is 1180. The zero-order chi connectivity index (χ0) is 23.8. The van der Waals surface area contributed by atoms with E-state index in [0.717, 1.165) is 6.54 Å². The minimum atomic E-state index is -3.82. The van der Waals surface area contributed by atoms with Gasteiger partial charge in [0.1, 0.15) is 16.5 Å². The quantitative estimate of drug-likeness (QED) is 0.678. The molecule has 178 valence electrons. The number of hydrogen-bond donors (Lipinski definition) is 1. The fourth-order valence-electron chi connectivity index (χ4n) is 4.29. The molecule has 0 radical (unpaired) electrons. The highest BCUT2D eigenvalue weighted by Gasteiger charge is 2.32. The minimum absolute atomic E-state index is 0.0562. The topological polar surface area (TPSA) is 114 Å². The summed E-state index contributed by atoms with van der Waals surface area (Å²) < 4.78 is 35.2. The largest absolute Gasteiger partial charge is 0.495 e. The Morgan fingerprint density at radius 1 is 1.09 bits per heavy atom. The van der Waals surface area contributed by atoms with Crippen LogP contribution in [0.2, 0.25) is 0 Å². The van der Waals surface area contributed by atoms with Gasteiger partial charge in [0.05, 0.1) is 12.8 Å². The normalized spacial score (nSPS) is 18.0. The smallest absolute Gasteiger partial charge is 0.249 e. The zero-order valence-corrected chi connectivity index (χ0v) is 19.9. The lowest BCUT2D eigenvalue weighted by Crippen LogP contribution is -2.48. The van der Waals surface area contributed by atoms with Gasteiger partial charge in [-0.15, -0.1) is 0 Å². The number of methoxy groups -OCH3 is 1. The number of nitrogens with zero attached hydrogens (tertiary/aromatic N) is 4. The Balaban J connectivity index is 1.81. The maximum absolute atomic E-state index is 13.6. The molecule has 33 heavy (non-hydrogen) atoms. The highest BCUT2D eigenvalue weighted by Crippen LogP contribution is 2.38. The van der Waals surface area contributed by atoms with Crippen molar-refractivity contribution in [2.24, 2.45) is 0 Å². The van der Waals surface area contributed by atoms with Gasteiger partial charge in [0.15, 0.2) is 0 Å². The predicted octanol–water partition coefficient (Wildman–Crippen LogP) is 1.82. The van der Waals surface area contributed by atoms with Crippen LogP contribution < -0.4 is 10.1 Å². The summed E-state index contributed by atoms with van der Waals surface area (Å²) in [4.78, 5) is 27.0. The van der Waals surface area contributed by atoms with Crippen molar-refractivity contribution in [1.82, 2.24) is 19.0 Å². The van der Waals surface area contributed by atoms with Crippen molar-refractivity contribution in [3.8, 4) is 16.9 Å². The van der Waals surface area contributed by atoms with Crippen molar-refractivity contribution in [3.63, 3.8) is 0 Å². The Labute approximate surface area is 193 Å². The van der Waals surface area contributed by atoms with E-state index in [1.165, 1.54) is 16.1 Å². The second-order valence-corrected chi connectivity index (χ2v) is 9.99. The molecule has 0 atom stereocenters. The number of carbonyl (C=O) groups is 2. The molecule has 0 saturated carbocycles. The number of nitrogens with one attached hydrogen (secondary N) is 1. The molecule has 1 fully saturated rings. The van der Waals surface area contributed by atoms with E-state index in [9.17, 15) is 18.0 Å². The van der Waals surface area contributed by atoms with Crippen molar-refractivity contribution in [2.75, 3.05) is 45.2 Å². The van der Waals surface area contributed by atoms with Crippen LogP contribution in [-0.4, -0.2) is 79.1 Å². The highest BCUT2D eigenvalue weighted by molar-refractivity contribution is 7.89. The summed E-state index contributed by atoms with van der Waals surface area (Å²) in [5.41, 5.74) is 1.70. The maximum atomic E-state index is 13.6. The minimum Gasteiger partial charge on any atom is -0.495 e. The van der Waals surface area contributed by atoms with Crippen molar-refractivity contribution < 1.29 is 22.7 Å². The number of hydrogen-bond acceptors (Lipinski definition) is 7. The van der Waals surface area contributed by atoms with Crippen molar-refractivity contribution in [2.45, 2.75) is 38.0 Å². The summed E-state index contributed by atoms with van der Waals surface area (Å²) in [6, 6.07) is 4.89. The molecule has 1 amide bonds. The molecule has 1 aromatic carbocycles. The van der Waals surface area contributed by atoms with Crippen molar-refractivity contribution in [3.05, 3.63) is 23.9 Å². The molecular formula is C22H29N5O5S. The fourth-order valence-corrected chi connectivity index (χ4v) is 5.89. The van der Waals surface area contributed by atoms with Crippen molar-refractivity contribution >= 4 is 27.7 Å². The predicted molar refractivity (Wildman–Crippen MR) is 123 cm³/mol. The third kappa shape index (κ3) is 4.28. The number of aromatic nitrogens is 2. The van der Waals surface area contributed by atoms with E-state index in [4.69, 9.17) is 4.74 Å². The summed E-state index contributed by atoms with van der Waals surface area (Å²) in [7, 11) is -2.38. The lowest BCUT2D eigenvalue weighted by Gasteiger charge is -2.33. The average molecular weight is 476 g/mol. The number of sulfonamides is 1. The Kier molecular flexibility index (Phi) is 6.55. The molecule has 11 heteroatoms. The molecule has 0 aliphatic carbocycles. The van der Waals surface area contributed by atoms with Gasteiger partial charge in [-0.25, -0.2) is 8.42 Å². The maximum Gasteiger partial charge on any atom is 0.249 e. The lowest BCUT2D eigenvalue weighted by molar-refractivity contribution is -0.116. The Morgan fingerprint density at radius 2 is 1.82 bits per heavy atom. The first-order valence-electron chi connectivity index (χ1n) is 11.2. The van der Waals surface area contributed by atoms with E-state index < -0.39 is 10.0 Å². The van der Waals surface area contributed by atoms with E-state index in [-0.39, 0.29) is 41.1 Å². The van der Waals surface area contributed by atoms with E-state index in [1.807, 2.05) is 6.92 Å². The third-order valence-corrected chi connectivity index (χ3v) is 8.12. The van der Waals surface area contributed by atoms with Crippen LogP contribution in [-0.2, 0) is 21.2 Å². The molecule has 2 aliphatic rings. The number of rotatable bonds is 6. The molecule has 4 rings (SSSR count). The van der Waals surface area contributed by atoms with Crippen molar-refractivity contribution in [1.29, 1.82) is 0 Å². The fraction of sp³-hybridized carbons (Fsp3) is 0.500. The van der Waals surface area contributed by atoms with Crippen LogP contribution in [0.5, 0.6) is 5.75 Å². The first-order chi connectivity index (χ1) is 15.8. The second kappa shape index (κ2) is 9.24. The monoisotopic (exact) mass is 475 g/mol. The van der Waals surface area contributed by atoms with E-state index in [0.29, 0.717) is 49.4 Å². The molecule has 0 unspecified atom stereocenters. The summed E-state index contributed by atoms with van der Waals surface area (Å²) >= 11 is 0. The van der Waals surface area contributed by atoms with Gasteiger partial charge in [0.25, 0.3) is 0 Å². The number of amides is 1. The van der Waals surface area contributed by atoms with E-state index in [1.54, 1.807) is 18.2 Å². The lowest BCUT2D eigenvalue weighted by atomic mass is 10.0. The molecule has 3 heterocycles. The van der Waals surface area contributed by atoms with Gasteiger partial charge in [-0.05, 0) is 30.7 Å². The number of fused-ring (bicyclic) bond motifs is 1. The van der Waals surface area contributed by atoms with Crippen LogP contribution in [0.4, 0.5) is 5.82 Å². The molecule has 0 bridgehead atoms. The molecular weight excluding hydrogens is 446 g/mol. The summed E-state index contributed by atoms with van der Waals surface area (Å²) in [5, 5.41) is 7.20. The summed E-state index contributed by atoms with van der Waals surface area (Å²) in [5.74, 6) is -0.0296. The van der Waals surface area contributed by atoms with Gasteiger partial charge in [0, 0.05) is 44.6 Å². The standard InChI is InChI=1S/C22H29N5O5S/c1-4-16-21(22-23-19(28)8-9-20(29)27(22)24-16)15-6-7-17(32-3)18(14-15)33(30,31)26-12-10-25(5-2)11-13-26/h6-7,14H,4-5,8-13H2,1-3H3,(H,23,28). The number of aryl methyl sites for hydroxylation is 1. The number of ether oxygens (including phenoxy) is 1. The van der Waals surface area contributed by atoms with E-state index in [2.05, 4.69) is 22.2 Å². The van der Waals surface area contributed by atoms with Crippen LogP contribution in [0.25, 0.3) is 11.1 Å². The molecule has 1 saturated heterocycles. The van der Waals surface area contributed by atoms with Gasteiger partial charge >= 0.3 is 0 Å². The Morgan fingerprint density at radius 3 is 2.45 bits per heavy atom. The highest BCUT2D eigenvalue weighted by atomic mass is 32.2. The third-order valence-electron chi connectivity index (χ3n) is 6.20. The first-order valence-corrected chi connectivity index (χ1v) is 12.6. The van der Waals surface area contributed by atoms with Gasteiger partial charge in [-0.1, -0.05) is 19.9 Å². The second-order valence-electron chi connectivity index (χ2n) is 8.08. The molecule has 1 N–H and O–H groups in total. The zero-order valence-electron chi connectivity index (χ0n) is 19.1. The molecule has 2 aromatic rings. The van der Waals surface area contributed by atoms with Crippen LogP contribution in [0.1, 0.15) is 37.2 Å². The molecule has 2 aliphatic heterocycles.